The van der Waals surface area contributed by atoms with Crippen LogP contribution in [0.5, 0.6) is 5.75 Å². The summed E-state index contributed by atoms with van der Waals surface area (Å²) in [4.78, 5) is 12.1. The van der Waals surface area contributed by atoms with Gasteiger partial charge in [0.1, 0.15) is 5.58 Å². The molecule has 4 heteroatoms. The lowest BCUT2D eigenvalue weighted by Crippen LogP contribution is -2.02. The van der Waals surface area contributed by atoms with E-state index >= 15 is 0 Å². The van der Waals surface area contributed by atoms with Crippen LogP contribution >= 0.6 is 0 Å². The third-order valence-electron chi connectivity index (χ3n) is 3.21. The van der Waals surface area contributed by atoms with Gasteiger partial charge in [0.15, 0.2) is 5.76 Å². The molecule has 0 aliphatic carbocycles. The van der Waals surface area contributed by atoms with Crippen molar-refractivity contribution < 1.29 is 9.52 Å². The molecule has 0 radical (unpaired) electrons. The van der Waals surface area contributed by atoms with Crippen molar-refractivity contribution in [1.29, 1.82) is 0 Å². The van der Waals surface area contributed by atoms with E-state index in [0.717, 1.165) is 5.69 Å². The van der Waals surface area contributed by atoms with Crippen LogP contribution in [-0.2, 0) is 0 Å². The second-order valence-electron chi connectivity index (χ2n) is 4.43. The molecule has 0 aliphatic heterocycles. The van der Waals surface area contributed by atoms with Crippen molar-refractivity contribution in [3.8, 4) is 17.1 Å². The predicted molar refractivity (Wildman–Crippen MR) is 79.1 cm³/mol. The maximum atomic E-state index is 12.1. The van der Waals surface area contributed by atoms with Gasteiger partial charge >= 0.3 is 0 Å². The molecule has 3 aromatic rings. The topological polar surface area (TPSA) is 62.5 Å². The van der Waals surface area contributed by atoms with E-state index in [1.807, 2.05) is 19.2 Å². The van der Waals surface area contributed by atoms with E-state index in [1.54, 1.807) is 36.4 Å². The summed E-state index contributed by atoms with van der Waals surface area (Å²) in [6.45, 7) is 0. The first-order valence-corrected chi connectivity index (χ1v) is 6.23. The van der Waals surface area contributed by atoms with Gasteiger partial charge in [-0.3, -0.25) is 4.79 Å². The molecule has 0 atom stereocenters. The summed E-state index contributed by atoms with van der Waals surface area (Å²) in [5.41, 5.74) is 1.64. The third kappa shape index (κ3) is 1.91. The Bertz CT molecular complexity index is 819. The normalized spacial score (nSPS) is 10.7. The number of benzene rings is 2. The van der Waals surface area contributed by atoms with Crippen LogP contribution in [0.15, 0.2) is 57.7 Å². The van der Waals surface area contributed by atoms with Gasteiger partial charge in [0, 0.05) is 18.3 Å². The zero-order valence-corrected chi connectivity index (χ0v) is 10.9. The first-order chi connectivity index (χ1) is 9.70. The van der Waals surface area contributed by atoms with Crippen LogP contribution in [0.4, 0.5) is 5.69 Å². The second-order valence-corrected chi connectivity index (χ2v) is 4.43. The summed E-state index contributed by atoms with van der Waals surface area (Å²) >= 11 is 0. The van der Waals surface area contributed by atoms with Gasteiger partial charge < -0.3 is 14.8 Å². The molecule has 2 N–H and O–H groups in total. The van der Waals surface area contributed by atoms with E-state index in [9.17, 15) is 9.90 Å². The highest BCUT2D eigenvalue weighted by Crippen LogP contribution is 2.30. The van der Waals surface area contributed by atoms with E-state index in [0.29, 0.717) is 16.5 Å². The minimum atomic E-state index is -0.417. The SMILES string of the molecule is CNc1ccc(-c2oc3ccccc3c(=O)c2O)cc1. The lowest BCUT2D eigenvalue weighted by atomic mass is 10.1. The van der Waals surface area contributed by atoms with Gasteiger partial charge in [0.05, 0.1) is 5.39 Å². The summed E-state index contributed by atoms with van der Waals surface area (Å²) in [5.74, 6) is -0.169. The fourth-order valence-electron chi connectivity index (χ4n) is 2.12. The van der Waals surface area contributed by atoms with Crippen molar-refractivity contribution in [2.45, 2.75) is 0 Å². The summed E-state index contributed by atoms with van der Waals surface area (Å²) in [6, 6.07) is 14.2. The van der Waals surface area contributed by atoms with Crippen molar-refractivity contribution >= 4 is 16.7 Å². The molecule has 3 rings (SSSR count). The average molecular weight is 267 g/mol. The minimum absolute atomic E-state index is 0.191. The Labute approximate surface area is 115 Å². The van der Waals surface area contributed by atoms with E-state index in [4.69, 9.17) is 4.42 Å². The molecule has 0 aliphatic rings. The number of rotatable bonds is 2. The molecular formula is C16H13NO3. The molecule has 1 heterocycles. The van der Waals surface area contributed by atoms with Gasteiger partial charge in [-0.1, -0.05) is 12.1 Å². The number of hydrogen-bond donors (Lipinski definition) is 2. The lowest BCUT2D eigenvalue weighted by molar-refractivity contribution is 0.449. The smallest absolute Gasteiger partial charge is 0.235 e. The van der Waals surface area contributed by atoms with Gasteiger partial charge in [-0.2, -0.15) is 0 Å². The van der Waals surface area contributed by atoms with Crippen LogP contribution in [-0.4, -0.2) is 12.2 Å². The fraction of sp³-hybridized carbons (Fsp3) is 0.0625. The van der Waals surface area contributed by atoms with E-state index in [1.165, 1.54) is 0 Å². The standard InChI is InChI=1S/C16H13NO3/c1-17-11-8-6-10(7-9-11)16-15(19)14(18)12-4-2-3-5-13(12)20-16/h2-9,17,19H,1H3. The van der Waals surface area contributed by atoms with Gasteiger partial charge in [-0.05, 0) is 36.4 Å². The minimum Gasteiger partial charge on any atom is -0.502 e. The van der Waals surface area contributed by atoms with Crippen molar-refractivity contribution in [2.24, 2.45) is 0 Å². The Balaban J connectivity index is 2.25. The molecular weight excluding hydrogens is 254 g/mol. The maximum Gasteiger partial charge on any atom is 0.235 e. The molecule has 20 heavy (non-hydrogen) atoms. The van der Waals surface area contributed by atoms with Crippen molar-refractivity contribution in [3.05, 3.63) is 58.8 Å². The molecule has 100 valence electrons. The fourth-order valence-corrected chi connectivity index (χ4v) is 2.12. The average Bonchev–Trinajstić information content (AvgIpc) is 2.51. The van der Waals surface area contributed by atoms with Crippen LogP contribution in [0, 0.1) is 0 Å². The van der Waals surface area contributed by atoms with Gasteiger partial charge in [-0.15, -0.1) is 0 Å². The number of nitrogens with one attached hydrogen (secondary N) is 1. The largest absolute Gasteiger partial charge is 0.502 e. The van der Waals surface area contributed by atoms with Crippen molar-refractivity contribution in [2.75, 3.05) is 12.4 Å². The number of hydrogen-bond acceptors (Lipinski definition) is 4. The molecule has 1 aromatic heterocycles. The summed E-state index contributed by atoms with van der Waals surface area (Å²) < 4.78 is 5.66. The molecule has 0 saturated heterocycles. The molecule has 4 nitrogen and oxygen atoms in total. The predicted octanol–water partition coefficient (Wildman–Crippen LogP) is 3.21. The second kappa shape index (κ2) is 4.74. The highest BCUT2D eigenvalue weighted by molar-refractivity contribution is 5.81. The van der Waals surface area contributed by atoms with Crippen LogP contribution in [0.3, 0.4) is 0 Å². The third-order valence-corrected chi connectivity index (χ3v) is 3.21. The molecule has 0 unspecified atom stereocenters. The van der Waals surface area contributed by atoms with Gasteiger partial charge in [0.25, 0.3) is 0 Å². The highest BCUT2D eigenvalue weighted by Gasteiger charge is 2.14. The Kier molecular flexibility index (Phi) is 2.91. The number of para-hydroxylation sites is 1. The number of fused-ring (bicyclic) bond motifs is 1. The van der Waals surface area contributed by atoms with Gasteiger partial charge in [-0.25, -0.2) is 0 Å². The van der Waals surface area contributed by atoms with Crippen LogP contribution in [0.1, 0.15) is 0 Å². The van der Waals surface area contributed by atoms with Crippen molar-refractivity contribution in [3.63, 3.8) is 0 Å². The Hall–Kier alpha value is -2.75. The van der Waals surface area contributed by atoms with Gasteiger partial charge in [0.2, 0.25) is 11.2 Å². The zero-order valence-electron chi connectivity index (χ0n) is 10.9. The molecule has 0 amide bonds. The Morgan fingerprint density at radius 1 is 1.05 bits per heavy atom. The molecule has 0 fully saturated rings. The quantitative estimate of drug-likeness (QED) is 0.748. The van der Waals surface area contributed by atoms with E-state index < -0.39 is 5.43 Å². The molecule has 0 saturated carbocycles. The van der Waals surface area contributed by atoms with Crippen LogP contribution in [0.2, 0.25) is 0 Å². The highest BCUT2D eigenvalue weighted by atomic mass is 16.4. The Morgan fingerprint density at radius 3 is 2.45 bits per heavy atom. The lowest BCUT2D eigenvalue weighted by Gasteiger charge is -2.06. The molecule has 2 aromatic carbocycles. The van der Waals surface area contributed by atoms with Crippen LogP contribution < -0.4 is 10.7 Å². The summed E-state index contributed by atoms with van der Waals surface area (Å²) in [5, 5.41) is 13.4. The maximum absolute atomic E-state index is 12.1. The number of aromatic hydroxyl groups is 1. The van der Waals surface area contributed by atoms with Crippen LogP contribution in [0.25, 0.3) is 22.3 Å². The zero-order chi connectivity index (χ0) is 14.1. The number of anilines is 1. The first-order valence-electron chi connectivity index (χ1n) is 6.23. The van der Waals surface area contributed by atoms with E-state index in [2.05, 4.69) is 5.32 Å². The Morgan fingerprint density at radius 2 is 1.75 bits per heavy atom. The summed E-state index contributed by atoms with van der Waals surface area (Å²) in [7, 11) is 1.82. The molecule has 0 bridgehead atoms. The van der Waals surface area contributed by atoms with E-state index in [-0.39, 0.29) is 11.5 Å². The molecule has 0 spiro atoms. The monoisotopic (exact) mass is 267 g/mol. The first kappa shape index (κ1) is 12.3. The summed E-state index contributed by atoms with van der Waals surface area (Å²) in [6.07, 6.45) is 0. The van der Waals surface area contributed by atoms with Crippen molar-refractivity contribution in [1.82, 2.24) is 0 Å².